The number of nitrogen functional groups attached to an aromatic ring is 1. The van der Waals surface area contributed by atoms with Crippen molar-refractivity contribution >= 4 is 40.2 Å². The fourth-order valence-electron chi connectivity index (χ4n) is 3.17. The Kier molecular flexibility index (Phi) is 5.01. The quantitative estimate of drug-likeness (QED) is 0.640. The number of nitrogens with one attached hydrogen (secondary N) is 1. The van der Waals surface area contributed by atoms with Crippen LogP contribution in [0.3, 0.4) is 0 Å². The summed E-state index contributed by atoms with van der Waals surface area (Å²) in [7, 11) is 0. The van der Waals surface area contributed by atoms with E-state index in [0.29, 0.717) is 5.95 Å². The van der Waals surface area contributed by atoms with Crippen molar-refractivity contribution in [2.75, 3.05) is 11.1 Å². The van der Waals surface area contributed by atoms with E-state index in [1.54, 1.807) is 0 Å². The van der Waals surface area contributed by atoms with Gasteiger partial charge < -0.3 is 11.1 Å². The highest BCUT2D eigenvalue weighted by molar-refractivity contribution is 9.10. The molecule has 0 saturated carbocycles. The molecule has 0 spiro atoms. The van der Waals surface area contributed by atoms with Gasteiger partial charge in [-0.2, -0.15) is 4.98 Å². The summed E-state index contributed by atoms with van der Waals surface area (Å²) in [6.07, 6.45) is 0.889. The average Bonchev–Trinajstić information content (AvgIpc) is 2.95. The molecule has 0 bridgehead atoms. The predicted octanol–water partition coefficient (Wildman–Crippen LogP) is 4.50. The number of hydrogen-bond donors (Lipinski definition) is 2. The van der Waals surface area contributed by atoms with Crippen molar-refractivity contribution in [3.05, 3.63) is 69.7 Å². The summed E-state index contributed by atoms with van der Waals surface area (Å²) in [4.78, 5) is 4.35. The van der Waals surface area contributed by atoms with E-state index in [0.717, 1.165) is 16.8 Å². The van der Waals surface area contributed by atoms with E-state index in [4.69, 9.17) is 5.73 Å². The maximum atomic E-state index is 5.84. The number of rotatable bonds is 2. The molecule has 3 aromatic rings. The van der Waals surface area contributed by atoms with E-state index in [1.807, 2.05) is 4.68 Å². The van der Waals surface area contributed by atoms with Gasteiger partial charge in [-0.3, -0.25) is 0 Å². The number of aromatic nitrogens is 3. The molecule has 2 aromatic carbocycles. The van der Waals surface area contributed by atoms with E-state index in [2.05, 4.69) is 86.8 Å². The minimum absolute atomic E-state index is 0. The van der Waals surface area contributed by atoms with Crippen LogP contribution in [0.15, 0.2) is 53.0 Å². The molecule has 2 unspecified atom stereocenters. The number of hydrogen-bond acceptors (Lipinski definition) is 4. The van der Waals surface area contributed by atoms with Crippen molar-refractivity contribution in [3.63, 3.8) is 0 Å². The summed E-state index contributed by atoms with van der Waals surface area (Å²) < 4.78 is 2.97. The highest BCUT2D eigenvalue weighted by Gasteiger charge is 2.30. The Bertz CT molecular complexity index is 860. The summed E-state index contributed by atoms with van der Waals surface area (Å²) in [5.74, 6) is 1.02. The topological polar surface area (TPSA) is 68.8 Å². The van der Waals surface area contributed by atoms with Crippen molar-refractivity contribution in [1.29, 1.82) is 0 Å². The van der Waals surface area contributed by atoms with Crippen molar-refractivity contribution in [3.8, 4) is 0 Å². The van der Waals surface area contributed by atoms with Crippen LogP contribution in [0.2, 0.25) is 0 Å². The lowest BCUT2D eigenvalue weighted by atomic mass is 9.93. The second-order valence-electron chi connectivity index (χ2n) is 6.15. The normalized spacial score (nSPS) is 18.8. The zero-order valence-electron chi connectivity index (χ0n) is 13.7. The number of nitrogens with zero attached hydrogens (tertiary/aromatic N) is 3. The lowest BCUT2D eigenvalue weighted by molar-refractivity contribution is 0.431. The van der Waals surface area contributed by atoms with Crippen molar-refractivity contribution in [2.24, 2.45) is 0 Å². The molecule has 2 atom stereocenters. The van der Waals surface area contributed by atoms with Gasteiger partial charge in [-0.25, -0.2) is 4.68 Å². The Balaban J connectivity index is 0.00000182. The summed E-state index contributed by atoms with van der Waals surface area (Å²) in [6.45, 7) is 2.09. The van der Waals surface area contributed by atoms with E-state index < -0.39 is 0 Å². The molecule has 0 saturated heterocycles. The molecule has 1 aromatic heterocycles. The third-order valence-corrected chi connectivity index (χ3v) is 4.97. The second kappa shape index (κ2) is 7.06. The van der Waals surface area contributed by atoms with Crippen LogP contribution in [0, 0.1) is 6.92 Å². The van der Waals surface area contributed by atoms with Crippen molar-refractivity contribution in [2.45, 2.75) is 25.4 Å². The summed E-state index contributed by atoms with van der Waals surface area (Å²) in [6, 6.07) is 17.2. The zero-order valence-corrected chi connectivity index (χ0v) is 16.1. The molecule has 0 amide bonds. The van der Waals surface area contributed by atoms with Crippen LogP contribution >= 0.6 is 28.3 Å². The highest BCUT2D eigenvalue weighted by Crippen LogP contribution is 2.38. The molecule has 5 nitrogen and oxygen atoms in total. The van der Waals surface area contributed by atoms with Gasteiger partial charge in [0.1, 0.15) is 0 Å². The maximum absolute atomic E-state index is 5.84. The zero-order chi connectivity index (χ0) is 16.7. The molecule has 0 aliphatic carbocycles. The highest BCUT2D eigenvalue weighted by atomic mass is 79.9. The molecular weight excluding hydrogens is 402 g/mol. The van der Waals surface area contributed by atoms with Gasteiger partial charge in [0.25, 0.3) is 0 Å². The third-order valence-electron chi connectivity index (χ3n) is 4.44. The molecule has 2 heterocycles. The summed E-state index contributed by atoms with van der Waals surface area (Å²) >= 11 is 3.49. The van der Waals surface area contributed by atoms with Crippen LogP contribution in [0.4, 0.5) is 11.9 Å². The first-order chi connectivity index (χ1) is 11.6. The molecule has 25 heavy (non-hydrogen) atoms. The van der Waals surface area contributed by atoms with Crippen molar-refractivity contribution in [1.82, 2.24) is 14.8 Å². The lowest BCUT2D eigenvalue weighted by Gasteiger charge is -2.31. The van der Waals surface area contributed by atoms with Crippen LogP contribution in [0.5, 0.6) is 0 Å². The number of nitrogens with two attached hydrogens (primary N) is 1. The molecule has 4 rings (SSSR count). The van der Waals surface area contributed by atoms with Crippen LogP contribution in [-0.4, -0.2) is 14.8 Å². The fraction of sp³-hybridized carbons (Fsp3) is 0.222. The first-order valence-corrected chi connectivity index (χ1v) is 8.70. The first kappa shape index (κ1) is 17.8. The first-order valence-electron chi connectivity index (χ1n) is 7.91. The fourth-order valence-corrected chi connectivity index (χ4v) is 3.44. The van der Waals surface area contributed by atoms with E-state index in [9.17, 15) is 0 Å². The van der Waals surface area contributed by atoms with Crippen molar-refractivity contribution < 1.29 is 0 Å². The molecular formula is C18H19BrClN5. The minimum Gasteiger partial charge on any atom is -0.366 e. The molecule has 0 fully saturated rings. The number of halogens is 2. The Hall–Kier alpha value is -2.05. The van der Waals surface area contributed by atoms with E-state index in [1.165, 1.54) is 16.7 Å². The second-order valence-corrected chi connectivity index (χ2v) is 7.06. The minimum atomic E-state index is 0. The Morgan fingerprint density at radius 1 is 1.08 bits per heavy atom. The van der Waals surface area contributed by atoms with Crippen LogP contribution in [0.1, 0.15) is 35.2 Å². The van der Waals surface area contributed by atoms with Gasteiger partial charge in [-0.1, -0.05) is 57.9 Å². The number of benzene rings is 2. The predicted molar refractivity (Wildman–Crippen MR) is 106 cm³/mol. The Morgan fingerprint density at radius 3 is 2.40 bits per heavy atom. The lowest BCUT2D eigenvalue weighted by Crippen LogP contribution is -2.28. The smallest absolute Gasteiger partial charge is 0.241 e. The maximum Gasteiger partial charge on any atom is 0.241 e. The van der Waals surface area contributed by atoms with Gasteiger partial charge in [0.15, 0.2) is 0 Å². The van der Waals surface area contributed by atoms with Gasteiger partial charge >= 0.3 is 0 Å². The number of aryl methyl sites for hydroxylation is 1. The van der Waals surface area contributed by atoms with Crippen LogP contribution < -0.4 is 11.1 Å². The van der Waals surface area contributed by atoms with Gasteiger partial charge in [-0.15, -0.1) is 17.5 Å². The molecule has 3 N–H and O–H groups in total. The SMILES string of the molecule is Cc1ccc(C2CC(c3ccc(Br)cc3)Nc3nc(N)nn32)cc1.Cl. The van der Waals surface area contributed by atoms with Gasteiger partial charge in [0, 0.05) is 4.47 Å². The van der Waals surface area contributed by atoms with Gasteiger partial charge in [0.05, 0.1) is 12.1 Å². The van der Waals surface area contributed by atoms with Crippen LogP contribution in [-0.2, 0) is 0 Å². The monoisotopic (exact) mass is 419 g/mol. The molecule has 0 radical (unpaired) electrons. The van der Waals surface area contributed by atoms with E-state index >= 15 is 0 Å². The summed E-state index contributed by atoms with van der Waals surface area (Å²) in [5, 5.41) is 7.85. The Morgan fingerprint density at radius 2 is 1.72 bits per heavy atom. The molecule has 1 aliphatic rings. The third kappa shape index (κ3) is 3.50. The van der Waals surface area contributed by atoms with E-state index in [-0.39, 0.29) is 24.5 Å². The Labute approximate surface area is 161 Å². The van der Waals surface area contributed by atoms with Gasteiger partial charge in [0.2, 0.25) is 11.9 Å². The number of anilines is 2. The standard InChI is InChI=1S/C18H18BrN5.ClH/c1-11-2-4-13(5-3-11)16-10-15(12-6-8-14(19)9-7-12)21-18-22-17(20)23-24(16)18;/h2-9,15-16H,10H2,1H3,(H3,20,21,22,23);1H. The largest absolute Gasteiger partial charge is 0.366 e. The van der Waals surface area contributed by atoms with Gasteiger partial charge in [-0.05, 0) is 36.6 Å². The molecule has 1 aliphatic heterocycles. The number of fused-ring (bicyclic) bond motifs is 1. The molecule has 130 valence electrons. The van der Waals surface area contributed by atoms with Crippen LogP contribution in [0.25, 0.3) is 0 Å². The molecule has 7 heteroatoms. The average molecular weight is 421 g/mol. The summed E-state index contributed by atoms with van der Waals surface area (Å²) in [5.41, 5.74) is 9.53.